The van der Waals surface area contributed by atoms with Crippen LogP contribution in [0.25, 0.3) is 10.9 Å². The van der Waals surface area contributed by atoms with Crippen molar-refractivity contribution in [3.05, 3.63) is 83.0 Å². The van der Waals surface area contributed by atoms with Gasteiger partial charge >= 0.3 is 0 Å². The van der Waals surface area contributed by atoms with E-state index in [1.165, 1.54) is 23.5 Å². The summed E-state index contributed by atoms with van der Waals surface area (Å²) in [6.45, 7) is 3.48. The standard InChI is InChI=1S/C25H24N4O3/c1-15-5-4-6-17(11-15)12-22-20-13-21(24(31)14-23(20)28-27-22)25(32)29(3)19-9-7-18(8-10-19)26-16(2)30/h4-11,13-14,31H,12H2,1-3H3,(H,26,30)(H,27,28). The number of hydrogen-bond donors (Lipinski definition) is 3. The van der Waals surface area contributed by atoms with Crippen LogP contribution in [0.15, 0.2) is 60.7 Å². The topological polar surface area (TPSA) is 98.3 Å². The number of aromatic nitrogens is 2. The Hall–Kier alpha value is -4.13. The molecule has 0 radical (unpaired) electrons. The number of H-pyrrole nitrogens is 1. The number of aromatic amines is 1. The first-order chi connectivity index (χ1) is 15.3. The lowest BCUT2D eigenvalue weighted by Crippen LogP contribution is -2.26. The van der Waals surface area contributed by atoms with E-state index in [0.717, 1.165) is 16.6 Å². The van der Waals surface area contributed by atoms with Crippen LogP contribution in [0, 0.1) is 6.92 Å². The van der Waals surface area contributed by atoms with E-state index in [4.69, 9.17) is 0 Å². The van der Waals surface area contributed by atoms with Crippen LogP contribution in [-0.2, 0) is 11.2 Å². The van der Waals surface area contributed by atoms with Gasteiger partial charge in [-0.05, 0) is 42.8 Å². The average Bonchev–Trinajstić information content (AvgIpc) is 3.13. The van der Waals surface area contributed by atoms with Crippen molar-refractivity contribution in [2.45, 2.75) is 20.3 Å². The Balaban J connectivity index is 1.63. The number of fused-ring (bicyclic) bond motifs is 1. The van der Waals surface area contributed by atoms with Gasteiger partial charge in [-0.3, -0.25) is 14.7 Å². The summed E-state index contributed by atoms with van der Waals surface area (Å²) in [6, 6.07) is 18.3. The van der Waals surface area contributed by atoms with E-state index < -0.39 is 0 Å². The van der Waals surface area contributed by atoms with E-state index in [1.807, 2.05) is 25.1 Å². The largest absolute Gasteiger partial charge is 0.507 e. The number of carbonyl (C=O) groups is 2. The molecule has 3 N–H and O–H groups in total. The molecule has 0 bridgehead atoms. The van der Waals surface area contributed by atoms with Crippen molar-refractivity contribution in [3.63, 3.8) is 0 Å². The molecule has 7 nitrogen and oxygen atoms in total. The van der Waals surface area contributed by atoms with E-state index >= 15 is 0 Å². The van der Waals surface area contributed by atoms with E-state index in [-0.39, 0.29) is 23.1 Å². The van der Waals surface area contributed by atoms with Gasteiger partial charge in [-0.15, -0.1) is 0 Å². The number of amides is 2. The van der Waals surface area contributed by atoms with Crippen LogP contribution in [0.5, 0.6) is 5.75 Å². The van der Waals surface area contributed by atoms with Gasteiger partial charge in [0, 0.05) is 48.9 Å². The predicted molar refractivity (Wildman–Crippen MR) is 125 cm³/mol. The summed E-state index contributed by atoms with van der Waals surface area (Å²) in [4.78, 5) is 25.8. The lowest BCUT2D eigenvalue weighted by molar-refractivity contribution is -0.114. The maximum Gasteiger partial charge on any atom is 0.261 e. The van der Waals surface area contributed by atoms with Gasteiger partial charge in [-0.2, -0.15) is 5.10 Å². The van der Waals surface area contributed by atoms with Crippen LogP contribution in [0.4, 0.5) is 11.4 Å². The second kappa shape index (κ2) is 8.55. The minimum Gasteiger partial charge on any atom is -0.507 e. The van der Waals surface area contributed by atoms with Crippen molar-refractivity contribution < 1.29 is 14.7 Å². The van der Waals surface area contributed by atoms with Gasteiger partial charge in [0.25, 0.3) is 5.91 Å². The number of rotatable bonds is 5. The summed E-state index contributed by atoms with van der Waals surface area (Å²) in [5.41, 5.74) is 5.25. The molecular formula is C25H24N4O3. The highest BCUT2D eigenvalue weighted by Gasteiger charge is 2.20. The first-order valence-electron chi connectivity index (χ1n) is 10.2. The van der Waals surface area contributed by atoms with Crippen LogP contribution in [0.1, 0.15) is 34.1 Å². The fourth-order valence-corrected chi connectivity index (χ4v) is 3.70. The molecule has 32 heavy (non-hydrogen) atoms. The van der Waals surface area contributed by atoms with Crippen molar-refractivity contribution in [2.75, 3.05) is 17.3 Å². The molecule has 162 valence electrons. The molecule has 0 saturated heterocycles. The zero-order chi connectivity index (χ0) is 22.8. The number of benzene rings is 3. The zero-order valence-electron chi connectivity index (χ0n) is 18.1. The normalized spacial score (nSPS) is 10.8. The maximum atomic E-state index is 13.2. The second-order valence-corrected chi connectivity index (χ2v) is 7.85. The number of phenols is 1. The molecule has 0 unspecified atom stereocenters. The number of phenolic OH excluding ortho intramolecular Hbond substituents is 1. The van der Waals surface area contributed by atoms with E-state index in [0.29, 0.717) is 23.3 Å². The molecule has 0 saturated carbocycles. The van der Waals surface area contributed by atoms with Crippen LogP contribution in [0.2, 0.25) is 0 Å². The van der Waals surface area contributed by atoms with Crippen molar-refractivity contribution >= 4 is 34.1 Å². The van der Waals surface area contributed by atoms with Gasteiger partial charge in [0.05, 0.1) is 11.1 Å². The highest BCUT2D eigenvalue weighted by molar-refractivity contribution is 6.09. The summed E-state index contributed by atoms with van der Waals surface area (Å²) in [6.07, 6.45) is 0.636. The Morgan fingerprint density at radius 3 is 2.53 bits per heavy atom. The first-order valence-corrected chi connectivity index (χ1v) is 10.2. The predicted octanol–water partition coefficient (Wildman–Crippen LogP) is 4.40. The fourth-order valence-electron chi connectivity index (χ4n) is 3.70. The molecule has 4 rings (SSSR count). The third-order valence-corrected chi connectivity index (χ3v) is 5.32. The number of aryl methyl sites for hydroxylation is 1. The van der Waals surface area contributed by atoms with Crippen molar-refractivity contribution in [2.24, 2.45) is 0 Å². The molecule has 1 aromatic heterocycles. The molecule has 4 aromatic rings. The molecule has 7 heteroatoms. The maximum absolute atomic E-state index is 13.2. The van der Waals surface area contributed by atoms with Gasteiger partial charge in [0.1, 0.15) is 5.75 Å². The Kier molecular flexibility index (Phi) is 5.64. The SMILES string of the molecule is CC(=O)Nc1ccc(N(C)C(=O)c2cc3c(Cc4cccc(C)c4)[nH]nc3cc2O)cc1. The third-order valence-electron chi connectivity index (χ3n) is 5.32. The van der Waals surface area contributed by atoms with Gasteiger partial charge in [-0.1, -0.05) is 29.8 Å². The van der Waals surface area contributed by atoms with Gasteiger partial charge < -0.3 is 15.3 Å². The summed E-state index contributed by atoms with van der Waals surface area (Å²) in [5.74, 6) is -0.640. The molecule has 3 aromatic carbocycles. The monoisotopic (exact) mass is 428 g/mol. The Morgan fingerprint density at radius 1 is 1.09 bits per heavy atom. The third kappa shape index (κ3) is 4.32. The zero-order valence-corrected chi connectivity index (χ0v) is 18.1. The smallest absolute Gasteiger partial charge is 0.261 e. The molecule has 0 aliphatic carbocycles. The number of nitrogens with one attached hydrogen (secondary N) is 2. The summed E-state index contributed by atoms with van der Waals surface area (Å²) in [7, 11) is 1.64. The molecular weight excluding hydrogens is 404 g/mol. The number of nitrogens with zero attached hydrogens (tertiary/aromatic N) is 2. The molecule has 1 heterocycles. The van der Waals surface area contributed by atoms with E-state index in [2.05, 4.69) is 21.6 Å². The molecule has 0 spiro atoms. The molecule has 2 amide bonds. The minimum atomic E-state index is -0.348. The molecule has 0 aliphatic rings. The number of anilines is 2. The van der Waals surface area contributed by atoms with Crippen molar-refractivity contribution in [1.82, 2.24) is 10.2 Å². The minimum absolute atomic E-state index is 0.127. The lowest BCUT2D eigenvalue weighted by Gasteiger charge is -2.18. The van der Waals surface area contributed by atoms with Crippen LogP contribution in [-0.4, -0.2) is 34.2 Å². The molecule has 0 fully saturated rings. The number of hydrogen-bond acceptors (Lipinski definition) is 4. The quantitative estimate of drug-likeness (QED) is 0.439. The Morgan fingerprint density at radius 2 is 1.84 bits per heavy atom. The Labute approximate surface area is 185 Å². The Bertz CT molecular complexity index is 1310. The fraction of sp³-hybridized carbons (Fsp3) is 0.160. The number of aromatic hydroxyl groups is 1. The van der Waals surface area contributed by atoms with Crippen LogP contribution in [0.3, 0.4) is 0 Å². The van der Waals surface area contributed by atoms with Gasteiger partial charge in [0.15, 0.2) is 0 Å². The highest BCUT2D eigenvalue weighted by atomic mass is 16.3. The highest BCUT2D eigenvalue weighted by Crippen LogP contribution is 2.29. The summed E-state index contributed by atoms with van der Waals surface area (Å²) >= 11 is 0. The summed E-state index contributed by atoms with van der Waals surface area (Å²) < 4.78 is 0. The van der Waals surface area contributed by atoms with Crippen molar-refractivity contribution in [1.29, 1.82) is 0 Å². The first kappa shape index (κ1) is 21.1. The molecule has 0 aliphatic heterocycles. The van der Waals surface area contributed by atoms with E-state index in [9.17, 15) is 14.7 Å². The molecule has 0 atom stereocenters. The van der Waals surface area contributed by atoms with Gasteiger partial charge in [0.2, 0.25) is 5.91 Å². The van der Waals surface area contributed by atoms with Crippen LogP contribution >= 0.6 is 0 Å². The number of carbonyl (C=O) groups excluding carboxylic acids is 2. The van der Waals surface area contributed by atoms with Crippen LogP contribution < -0.4 is 10.2 Å². The summed E-state index contributed by atoms with van der Waals surface area (Å²) in [5, 5.41) is 21.3. The lowest BCUT2D eigenvalue weighted by atomic mass is 10.0. The van der Waals surface area contributed by atoms with Gasteiger partial charge in [-0.25, -0.2) is 0 Å². The van der Waals surface area contributed by atoms with E-state index in [1.54, 1.807) is 37.4 Å². The second-order valence-electron chi connectivity index (χ2n) is 7.85. The average molecular weight is 428 g/mol. The van der Waals surface area contributed by atoms with Crippen molar-refractivity contribution in [3.8, 4) is 5.75 Å².